The van der Waals surface area contributed by atoms with Crippen molar-refractivity contribution in [1.82, 2.24) is 0 Å². The summed E-state index contributed by atoms with van der Waals surface area (Å²) in [4.78, 5) is 27.4. The number of amides is 1. The summed E-state index contributed by atoms with van der Waals surface area (Å²) in [7, 11) is 2.94. The van der Waals surface area contributed by atoms with Crippen molar-refractivity contribution in [2.75, 3.05) is 19.1 Å². The molecular weight excluding hydrogens is 390 g/mol. The molecule has 5 nitrogen and oxygen atoms in total. The largest absolute Gasteiger partial charge is 0.497 e. The van der Waals surface area contributed by atoms with Crippen molar-refractivity contribution in [2.45, 2.75) is 0 Å². The number of ether oxygens (including phenoxy) is 2. The Balaban J connectivity index is 1.83. The van der Waals surface area contributed by atoms with Gasteiger partial charge in [0, 0.05) is 5.57 Å². The summed E-state index contributed by atoms with van der Waals surface area (Å²) in [6.45, 7) is 0. The molecule has 4 rings (SSSR count). The summed E-state index contributed by atoms with van der Waals surface area (Å²) >= 11 is 0. The zero-order valence-electron chi connectivity index (χ0n) is 17.2. The fourth-order valence-electron chi connectivity index (χ4n) is 3.51. The van der Waals surface area contributed by atoms with Gasteiger partial charge in [-0.1, -0.05) is 54.6 Å². The van der Waals surface area contributed by atoms with E-state index in [0.717, 1.165) is 16.9 Å². The first-order valence-electron chi connectivity index (χ1n) is 9.77. The van der Waals surface area contributed by atoms with Crippen LogP contribution in [0.25, 0.3) is 11.8 Å². The molecule has 154 valence electrons. The zero-order valence-corrected chi connectivity index (χ0v) is 17.2. The van der Waals surface area contributed by atoms with E-state index in [-0.39, 0.29) is 5.91 Å². The molecule has 0 radical (unpaired) electrons. The molecule has 0 N–H and O–H groups in total. The normalized spacial score (nSPS) is 14.5. The van der Waals surface area contributed by atoms with Crippen LogP contribution in [0.3, 0.4) is 0 Å². The molecule has 0 unspecified atom stereocenters. The fraction of sp³-hybridized carbons (Fsp3) is 0.0769. The van der Waals surface area contributed by atoms with Gasteiger partial charge in [-0.15, -0.1) is 0 Å². The van der Waals surface area contributed by atoms with Gasteiger partial charge in [0.1, 0.15) is 5.75 Å². The molecule has 31 heavy (non-hydrogen) atoms. The van der Waals surface area contributed by atoms with Gasteiger partial charge in [0.25, 0.3) is 5.91 Å². The van der Waals surface area contributed by atoms with Crippen LogP contribution in [-0.2, 0) is 9.53 Å². The lowest BCUT2D eigenvalue weighted by molar-refractivity contribution is -0.113. The van der Waals surface area contributed by atoms with Crippen molar-refractivity contribution in [2.24, 2.45) is 0 Å². The lowest BCUT2D eigenvalue weighted by atomic mass is 10.1. The Bertz CT molecular complexity index is 1180. The molecule has 0 saturated heterocycles. The van der Waals surface area contributed by atoms with Crippen molar-refractivity contribution in [3.8, 4) is 5.75 Å². The summed E-state index contributed by atoms with van der Waals surface area (Å²) in [5.41, 5.74) is 3.76. The molecule has 1 aliphatic rings. The fourth-order valence-corrected chi connectivity index (χ4v) is 3.51. The second-order valence-corrected chi connectivity index (χ2v) is 6.92. The minimum Gasteiger partial charge on any atom is -0.497 e. The molecule has 5 heteroatoms. The molecule has 1 amide bonds. The quantitative estimate of drug-likeness (QED) is 0.440. The number of esters is 1. The van der Waals surface area contributed by atoms with Crippen LogP contribution in [0, 0.1) is 0 Å². The van der Waals surface area contributed by atoms with Crippen LogP contribution in [0.15, 0.2) is 90.5 Å². The highest BCUT2D eigenvalue weighted by molar-refractivity contribution is 6.24. The van der Waals surface area contributed by atoms with E-state index in [1.807, 2.05) is 66.7 Å². The van der Waals surface area contributed by atoms with E-state index >= 15 is 0 Å². The SMILES string of the molecule is COC(=O)c1ccccc1N1C(=O)/C(=C/c2ccc(OC)cc2)C=C1c1ccccc1. The Morgan fingerprint density at radius 2 is 1.55 bits per heavy atom. The minimum absolute atomic E-state index is 0.217. The standard InChI is InChI=1S/C26H21NO4/c1-30-21-14-12-18(13-15-21)16-20-17-24(19-8-4-3-5-9-19)27(25(20)28)23-11-7-6-10-22(23)26(29)31-2/h3-17H,1-2H3/b20-16+. The molecule has 3 aromatic rings. The number of benzene rings is 3. The van der Waals surface area contributed by atoms with E-state index < -0.39 is 5.97 Å². The van der Waals surface area contributed by atoms with Crippen molar-refractivity contribution in [3.05, 3.63) is 107 Å². The average molecular weight is 411 g/mol. The molecule has 0 aromatic heterocycles. The Labute approximate surface area is 180 Å². The number of hydrogen-bond acceptors (Lipinski definition) is 4. The smallest absolute Gasteiger partial charge is 0.339 e. The van der Waals surface area contributed by atoms with Crippen LogP contribution in [0.4, 0.5) is 5.69 Å². The van der Waals surface area contributed by atoms with Crippen molar-refractivity contribution in [3.63, 3.8) is 0 Å². The Hall–Kier alpha value is -4.12. The van der Waals surface area contributed by atoms with Crippen LogP contribution in [0.5, 0.6) is 5.75 Å². The zero-order chi connectivity index (χ0) is 21.8. The second kappa shape index (κ2) is 8.71. The third-order valence-electron chi connectivity index (χ3n) is 5.04. The third kappa shape index (κ3) is 3.98. The van der Waals surface area contributed by atoms with Crippen LogP contribution in [0.2, 0.25) is 0 Å². The van der Waals surface area contributed by atoms with Crippen LogP contribution in [0.1, 0.15) is 21.5 Å². The topological polar surface area (TPSA) is 55.8 Å². The highest BCUT2D eigenvalue weighted by Gasteiger charge is 2.32. The van der Waals surface area contributed by atoms with Gasteiger partial charge in [0.15, 0.2) is 0 Å². The lowest BCUT2D eigenvalue weighted by Gasteiger charge is -2.23. The first kappa shape index (κ1) is 20.2. The Morgan fingerprint density at radius 1 is 0.871 bits per heavy atom. The first-order chi connectivity index (χ1) is 15.1. The van der Waals surface area contributed by atoms with Gasteiger partial charge in [-0.25, -0.2) is 4.79 Å². The monoisotopic (exact) mass is 411 g/mol. The molecule has 0 aliphatic carbocycles. The molecule has 1 aliphatic heterocycles. The predicted molar refractivity (Wildman–Crippen MR) is 121 cm³/mol. The summed E-state index contributed by atoms with van der Waals surface area (Å²) in [5, 5.41) is 0. The van der Waals surface area contributed by atoms with E-state index in [9.17, 15) is 9.59 Å². The molecule has 0 fully saturated rings. The number of anilines is 1. The minimum atomic E-state index is -0.497. The third-order valence-corrected chi connectivity index (χ3v) is 5.04. The maximum Gasteiger partial charge on any atom is 0.339 e. The first-order valence-corrected chi connectivity index (χ1v) is 9.77. The van der Waals surface area contributed by atoms with E-state index in [1.165, 1.54) is 7.11 Å². The van der Waals surface area contributed by atoms with Crippen LogP contribution < -0.4 is 9.64 Å². The van der Waals surface area contributed by atoms with Gasteiger partial charge in [0.2, 0.25) is 0 Å². The van der Waals surface area contributed by atoms with Gasteiger partial charge in [-0.05, 0) is 47.5 Å². The lowest BCUT2D eigenvalue weighted by Crippen LogP contribution is -2.27. The van der Waals surface area contributed by atoms with Crippen LogP contribution in [-0.4, -0.2) is 26.1 Å². The number of carbonyl (C=O) groups excluding carboxylic acids is 2. The summed E-state index contributed by atoms with van der Waals surface area (Å²) in [6.07, 6.45) is 3.67. The van der Waals surface area contributed by atoms with Gasteiger partial charge < -0.3 is 9.47 Å². The number of hydrogen-bond donors (Lipinski definition) is 0. The number of carbonyl (C=O) groups is 2. The highest BCUT2D eigenvalue weighted by atomic mass is 16.5. The maximum atomic E-state index is 13.5. The summed E-state index contributed by atoms with van der Waals surface area (Å²) in [5.74, 6) is 0.0310. The Morgan fingerprint density at radius 3 is 2.23 bits per heavy atom. The van der Waals surface area contributed by atoms with E-state index in [0.29, 0.717) is 22.5 Å². The molecular formula is C26H21NO4. The van der Waals surface area contributed by atoms with Crippen molar-refractivity contribution >= 4 is 29.3 Å². The number of nitrogens with zero attached hydrogens (tertiary/aromatic N) is 1. The molecule has 0 saturated carbocycles. The number of rotatable bonds is 5. The molecule has 0 spiro atoms. The Kier molecular flexibility index (Phi) is 5.67. The highest BCUT2D eigenvalue weighted by Crippen LogP contribution is 2.37. The van der Waals surface area contributed by atoms with Gasteiger partial charge in [-0.3, -0.25) is 9.69 Å². The van der Waals surface area contributed by atoms with E-state index in [2.05, 4.69) is 0 Å². The van der Waals surface area contributed by atoms with Gasteiger partial charge in [-0.2, -0.15) is 0 Å². The molecule has 1 heterocycles. The van der Waals surface area contributed by atoms with E-state index in [1.54, 1.807) is 36.3 Å². The number of para-hydroxylation sites is 1. The van der Waals surface area contributed by atoms with Crippen molar-refractivity contribution in [1.29, 1.82) is 0 Å². The second-order valence-electron chi connectivity index (χ2n) is 6.92. The molecule has 0 bridgehead atoms. The van der Waals surface area contributed by atoms with Crippen LogP contribution >= 0.6 is 0 Å². The van der Waals surface area contributed by atoms with Gasteiger partial charge in [0.05, 0.1) is 31.2 Å². The van der Waals surface area contributed by atoms with Crippen molar-refractivity contribution < 1.29 is 19.1 Å². The predicted octanol–water partition coefficient (Wildman–Crippen LogP) is 4.95. The molecule has 0 atom stereocenters. The van der Waals surface area contributed by atoms with Gasteiger partial charge >= 0.3 is 5.97 Å². The average Bonchev–Trinajstić information content (AvgIpc) is 3.15. The number of methoxy groups -OCH3 is 2. The summed E-state index contributed by atoms with van der Waals surface area (Å²) in [6, 6.07) is 24.0. The van der Waals surface area contributed by atoms with E-state index in [4.69, 9.17) is 9.47 Å². The summed E-state index contributed by atoms with van der Waals surface area (Å²) < 4.78 is 10.1. The molecule has 3 aromatic carbocycles. The maximum absolute atomic E-state index is 13.5.